The molecule has 0 aromatic carbocycles. The zero-order chi connectivity index (χ0) is 15.2. The maximum Gasteiger partial charge on any atom is 0.301 e. The summed E-state index contributed by atoms with van der Waals surface area (Å²) in [5.41, 5.74) is 0.479. The summed E-state index contributed by atoms with van der Waals surface area (Å²) in [7, 11) is -1.98. The standard InChI is InChI=1S/C12H21BrN4O2S/c1-10(2)15-6-4-8-17(3)20(18,19)16-12-5-7-14-9-11(12)13/h5,7,9-10,15H,4,6,8H2,1-3H3,(H,14,16). The zero-order valence-corrected chi connectivity index (χ0v) is 14.3. The highest BCUT2D eigenvalue weighted by atomic mass is 79.9. The molecule has 8 heteroatoms. The fraction of sp³-hybridized carbons (Fsp3) is 0.583. The molecule has 0 aliphatic heterocycles. The van der Waals surface area contributed by atoms with Crippen LogP contribution in [0, 0.1) is 0 Å². The van der Waals surface area contributed by atoms with Crippen molar-refractivity contribution in [3.63, 3.8) is 0 Å². The summed E-state index contributed by atoms with van der Waals surface area (Å²) < 4.78 is 28.7. The molecule has 0 fully saturated rings. The normalized spacial score (nSPS) is 12.1. The molecule has 0 radical (unpaired) electrons. The van der Waals surface area contributed by atoms with Gasteiger partial charge in [0.05, 0.1) is 10.2 Å². The van der Waals surface area contributed by atoms with E-state index >= 15 is 0 Å². The van der Waals surface area contributed by atoms with Crippen LogP contribution in [0.5, 0.6) is 0 Å². The Morgan fingerprint density at radius 1 is 1.45 bits per heavy atom. The number of rotatable bonds is 8. The average Bonchev–Trinajstić information content (AvgIpc) is 2.36. The van der Waals surface area contributed by atoms with Crippen molar-refractivity contribution in [2.45, 2.75) is 26.3 Å². The number of hydrogen-bond donors (Lipinski definition) is 2. The van der Waals surface area contributed by atoms with Gasteiger partial charge in [0.25, 0.3) is 0 Å². The van der Waals surface area contributed by atoms with Crippen molar-refractivity contribution in [3.05, 3.63) is 22.9 Å². The van der Waals surface area contributed by atoms with E-state index in [0.717, 1.165) is 13.0 Å². The van der Waals surface area contributed by atoms with Crippen molar-refractivity contribution >= 4 is 31.8 Å². The first-order valence-corrected chi connectivity index (χ1v) is 8.63. The maximum atomic E-state index is 12.1. The van der Waals surface area contributed by atoms with Crippen LogP contribution in [0.2, 0.25) is 0 Å². The molecular weight excluding hydrogens is 344 g/mol. The summed E-state index contributed by atoms with van der Waals surface area (Å²) in [4.78, 5) is 3.89. The van der Waals surface area contributed by atoms with E-state index in [1.54, 1.807) is 19.3 Å². The first-order chi connectivity index (χ1) is 9.33. The van der Waals surface area contributed by atoms with Gasteiger partial charge >= 0.3 is 10.2 Å². The Bertz CT molecular complexity index is 522. The van der Waals surface area contributed by atoms with Gasteiger partial charge in [-0.2, -0.15) is 12.7 Å². The number of aromatic nitrogens is 1. The van der Waals surface area contributed by atoms with Crippen LogP contribution in [0.25, 0.3) is 0 Å². The molecule has 0 amide bonds. The van der Waals surface area contributed by atoms with Crippen molar-refractivity contribution in [1.29, 1.82) is 0 Å². The topological polar surface area (TPSA) is 74.3 Å². The minimum atomic E-state index is -3.54. The van der Waals surface area contributed by atoms with Gasteiger partial charge < -0.3 is 5.32 Å². The minimum Gasteiger partial charge on any atom is -0.314 e. The predicted octanol–water partition coefficient (Wildman–Crippen LogP) is 1.82. The Labute approximate surface area is 129 Å². The molecule has 0 spiro atoms. The van der Waals surface area contributed by atoms with E-state index in [2.05, 4.69) is 44.8 Å². The van der Waals surface area contributed by atoms with Crippen molar-refractivity contribution < 1.29 is 8.42 Å². The van der Waals surface area contributed by atoms with E-state index in [4.69, 9.17) is 0 Å². The van der Waals surface area contributed by atoms with Gasteiger partial charge in [-0.05, 0) is 35.0 Å². The van der Waals surface area contributed by atoms with E-state index in [1.807, 2.05) is 0 Å². The number of anilines is 1. The van der Waals surface area contributed by atoms with Crippen LogP contribution in [0.1, 0.15) is 20.3 Å². The summed E-state index contributed by atoms with van der Waals surface area (Å²) in [6, 6.07) is 2.01. The van der Waals surface area contributed by atoms with Crippen LogP contribution in [0.15, 0.2) is 22.9 Å². The molecule has 1 heterocycles. The molecule has 1 aromatic heterocycles. The second-order valence-electron chi connectivity index (χ2n) is 4.75. The lowest BCUT2D eigenvalue weighted by molar-refractivity contribution is 0.451. The Morgan fingerprint density at radius 3 is 2.75 bits per heavy atom. The van der Waals surface area contributed by atoms with Gasteiger partial charge in [0.1, 0.15) is 0 Å². The highest BCUT2D eigenvalue weighted by Crippen LogP contribution is 2.21. The van der Waals surface area contributed by atoms with Crippen LogP contribution >= 0.6 is 15.9 Å². The fourth-order valence-corrected chi connectivity index (χ4v) is 2.95. The quantitative estimate of drug-likeness (QED) is 0.690. The second-order valence-corrected chi connectivity index (χ2v) is 7.38. The third-order valence-electron chi connectivity index (χ3n) is 2.62. The molecule has 0 aliphatic carbocycles. The lowest BCUT2D eigenvalue weighted by atomic mass is 10.3. The molecule has 0 bridgehead atoms. The molecule has 1 rings (SSSR count). The molecule has 0 saturated heterocycles. The van der Waals surface area contributed by atoms with Crippen molar-refractivity contribution in [2.75, 3.05) is 24.9 Å². The lowest BCUT2D eigenvalue weighted by Gasteiger charge is -2.19. The van der Waals surface area contributed by atoms with Gasteiger partial charge in [-0.15, -0.1) is 0 Å². The first kappa shape index (κ1) is 17.4. The molecule has 20 heavy (non-hydrogen) atoms. The molecule has 0 saturated carbocycles. The largest absolute Gasteiger partial charge is 0.314 e. The van der Waals surface area contributed by atoms with Gasteiger partial charge in [0.15, 0.2) is 0 Å². The zero-order valence-electron chi connectivity index (χ0n) is 11.9. The van der Waals surface area contributed by atoms with Crippen LogP contribution < -0.4 is 10.0 Å². The number of pyridine rings is 1. The molecule has 6 nitrogen and oxygen atoms in total. The molecule has 1 aromatic rings. The Balaban J connectivity index is 2.53. The van der Waals surface area contributed by atoms with Crippen LogP contribution in [-0.4, -0.2) is 43.9 Å². The SMILES string of the molecule is CC(C)NCCCN(C)S(=O)(=O)Nc1ccncc1Br. The molecule has 114 valence electrons. The molecule has 0 aliphatic rings. The number of nitrogens with one attached hydrogen (secondary N) is 2. The van der Waals surface area contributed by atoms with Gasteiger partial charge in [-0.3, -0.25) is 9.71 Å². The summed E-state index contributed by atoms with van der Waals surface area (Å²) in [6.07, 6.45) is 3.84. The van der Waals surface area contributed by atoms with Crippen molar-refractivity contribution in [2.24, 2.45) is 0 Å². The smallest absolute Gasteiger partial charge is 0.301 e. The van der Waals surface area contributed by atoms with Gasteiger partial charge in [-0.25, -0.2) is 0 Å². The highest BCUT2D eigenvalue weighted by molar-refractivity contribution is 9.10. The predicted molar refractivity (Wildman–Crippen MR) is 84.9 cm³/mol. The van der Waals surface area contributed by atoms with E-state index < -0.39 is 10.2 Å². The Hall–Kier alpha value is -0.700. The summed E-state index contributed by atoms with van der Waals surface area (Å²) >= 11 is 3.26. The van der Waals surface area contributed by atoms with Crippen molar-refractivity contribution in [3.8, 4) is 0 Å². The van der Waals surface area contributed by atoms with Gasteiger partial charge in [-0.1, -0.05) is 13.8 Å². The van der Waals surface area contributed by atoms with E-state index in [-0.39, 0.29) is 0 Å². The van der Waals surface area contributed by atoms with Crippen LogP contribution in [-0.2, 0) is 10.2 Å². The highest BCUT2D eigenvalue weighted by Gasteiger charge is 2.18. The summed E-state index contributed by atoms with van der Waals surface area (Å²) in [5.74, 6) is 0. The third kappa shape index (κ3) is 5.74. The summed E-state index contributed by atoms with van der Waals surface area (Å²) in [5, 5.41) is 3.25. The van der Waals surface area contributed by atoms with Gasteiger partial charge in [0.2, 0.25) is 0 Å². The average molecular weight is 365 g/mol. The van der Waals surface area contributed by atoms with Gasteiger partial charge in [0, 0.05) is 32.0 Å². The van der Waals surface area contributed by atoms with E-state index in [1.165, 1.54) is 10.5 Å². The van der Waals surface area contributed by atoms with E-state index in [9.17, 15) is 8.42 Å². The lowest BCUT2D eigenvalue weighted by Crippen LogP contribution is -2.35. The maximum absolute atomic E-state index is 12.1. The number of nitrogens with zero attached hydrogens (tertiary/aromatic N) is 2. The molecule has 2 N–H and O–H groups in total. The van der Waals surface area contributed by atoms with E-state index in [0.29, 0.717) is 22.7 Å². The summed E-state index contributed by atoms with van der Waals surface area (Å²) in [6.45, 7) is 5.36. The number of halogens is 1. The van der Waals surface area contributed by atoms with Crippen LogP contribution in [0.3, 0.4) is 0 Å². The number of hydrogen-bond acceptors (Lipinski definition) is 4. The monoisotopic (exact) mass is 364 g/mol. The Kier molecular flexibility index (Phi) is 6.87. The first-order valence-electron chi connectivity index (χ1n) is 6.40. The van der Waals surface area contributed by atoms with Crippen LogP contribution in [0.4, 0.5) is 5.69 Å². The minimum absolute atomic E-state index is 0.405. The third-order valence-corrected chi connectivity index (χ3v) is 4.74. The van der Waals surface area contributed by atoms with Crippen molar-refractivity contribution in [1.82, 2.24) is 14.6 Å². The molecular formula is C12H21BrN4O2S. The second kappa shape index (κ2) is 7.92. The Morgan fingerprint density at radius 2 is 2.15 bits per heavy atom. The molecule has 0 atom stereocenters. The fourth-order valence-electron chi connectivity index (χ4n) is 1.49. The molecule has 0 unspecified atom stereocenters.